The number of rotatable bonds is 6. The first-order valence-corrected chi connectivity index (χ1v) is 9.44. The standard InChI is InChI=1S/C19H34N2O/c1-5-21(6-2)8-7-20-16(22)19-11-15-9-17(3,13-19)12-18(4,10-15)14-19/h15H,5-14H2,1-4H3,(H,20,22)/p+1/t15?,17-,18+,19?. The van der Waals surface area contributed by atoms with E-state index in [4.69, 9.17) is 0 Å². The summed E-state index contributed by atoms with van der Waals surface area (Å²) in [6, 6.07) is 0. The van der Waals surface area contributed by atoms with Crippen LogP contribution in [0.3, 0.4) is 0 Å². The van der Waals surface area contributed by atoms with Crippen LogP contribution in [-0.2, 0) is 4.79 Å². The minimum absolute atomic E-state index is 0.0402. The monoisotopic (exact) mass is 307 g/mol. The summed E-state index contributed by atoms with van der Waals surface area (Å²) in [4.78, 5) is 14.6. The Balaban J connectivity index is 1.65. The second-order valence-corrected chi connectivity index (χ2v) is 9.37. The van der Waals surface area contributed by atoms with Gasteiger partial charge in [-0.05, 0) is 69.1 Å². The maximum absolute atomic E-state index is 13.0. The summed E-state index contributed by atoms with van der Waals surface area (Å²) in [5, 5.41) is 3.31. The third kappa shape index (κ3) is 2.81. The molecule has 3 heteroatoms. The molecule has 0 heterocycles. The lowest BCUT2D eigenvalue weighted by molar-refractivity contribution is -0.895. The molecule has 2 unspecified atom stereocenters. The van der Waals surface area contributed by atoms with Crippen LogP contribution < -0.4 is 10.2 Å². The van der Waals surface area contributed by atoms with Crippen molar-refractivity contribution in [3.05, 3.63) is 0 Å². The smallest absolute Gasteiger partial charge is 0.226 e. The number of carbonyl (C=O) groups excluding carboxylic acids is 1. The van der Waals surface area contributed by atoms with Gasteiger partial charge in [-0.2, -0.15) is 0 Å². The average Bonchev–Trinajstić information content (AvgIpc) is 2.39. The quantitative estimate of drug-likeness (QED) is 0.773. The van der Waals surface area contributed by atoms with E-state index in [1.54, 1.807) is 4.90 Å². The van der Waals surface area contributed by atoms with Crippen molar-refractivity contribution in [1.29, 1.82) is 0 Å². The predicted octanol–water partition coefficient (Wildman–Crippen LogP) is 2.02. The van der Waals surface area contributed by atoms with Crippen LogP contribution in [0.4, 0.5) is 0 Å². The molecule has 4 saturated carbocycles. The number of quaternary nitrogens is 1. The van der Waals surface area contributed by atoms with Gasteiger partial charge in [-0.15, -0.1) is 0 Å². The zero-order chi connectivity index (χ0) is 16.0. The number of hydrogen-bond acceptors (Lipinski definition) is 1. The van der Waals surface area contributed by atoms with E-state index >= 15 is 0 Å². The molecule has 4 aliphatic rings. The molecule has 0 aliphatic heterocycles. The maximum Gasteiger partial charge on any atom is 0.226 e. The Hall–Kier alpha value is -0.570. The molecule has 3 nitrogen and oxygen atoms in total. The fourth-order valence-corrected chi connectivity index (χ4v) is 6.84. The van der Waals surface area contributed by atoms with Crippen LogP contribution in [0.5, 0.6) is 0 Å². The van der Waals surface area contributed by atoms with Crippen LogP contribution in [0.2, 0.25) is 0 Å². The van der Waals surface area contributed by atoms with E-state index in [-0.39, 0.29) is 5.41 Å². The van der Waals surface area contributed by atoms with Crippen LogP contribution in [0, 0.1) is 22.2 Å². The molecule has 2 N–H and O–H groups in total. The second-order valence-electron chi connectivity index (χ2n) is 9.37. The largest absolute Gasteiger partial charge is 0.350 e. The Morgan fingerprint density at radius 3 is 2.14 bits per heavy atom. The van der Waals surface area contributed by atoms with E-state index < -0.39 is 0 Å². The third-order valence-corrected chi connectivity index (χ3v) is 6.87. The van der Waals surface area contributed by atoms with Crippen molar-refractivity contribution < 1.29 is 9.69 Å². The summed E-state index contributed by atoms with van der Waals surface area (Å²) in [6.45, 7) is 13.5. The van der Waals surface area contributed by atoms with Gasteiger partial charge in [0.2, 0.25) is 5.91 Å². The van der Waals surface area contributed by atoms with Crippen molar-refractivity contribution in [2.45, 2.75) is 66.2 Å². The lowest BCUT2D eigenvalue weighted by Gasteiger charge is -2.64. The normalized spacial score (nSPS) is 42.9. The van der Waals surface area contributed by atoms with Gasteiger partial charge < -0.3 is 10.2 Å². The second kappa shape index (κ2) is 5.51. The van der Waals surface area contributed by atoms with Gasteiger partial charge in [0.15, 0.2) is 0 Å². The third-order valence-electron chi connectivity index (χ3n) is 6.87. The zero-order valence-electron chi connectivity index (χ0n) is 15.1. The first-order chi connectivity index (χ1) is 10.3. The van der Waals surface area contributed by atoms with Crippen molar-refractivity contribution in [3.8, 4) is 0 Å². The first kappa shape index (κ1) is 16.3. The molecule has 0 aromatic rings. The lowest BCUT2D eigenvalue weighted by atomic mass is 9.40. The van der Waals surface area contributed by atoms with Gasteiger partial charge >= 0.3 is 0 Å². The van der Waals surface area contributed by atoms with E-state index in [0.29, 0.717) is 16.7 Å². The van der Waals surface area contributed by atoms with Gasteiger partial charge in [0.1, 0.15) is 0 Å². The molecule has 0 spiro atoms. The molecular formula is C19H35N2O+. The van der Waals surface area contributed by atoms with Gasteiger partial charge in [-0.1, -0.05) is 13.8 Å². The highest BCUT2D eigenvalue weighted by Gasteiger charge is 2.62. The van der Waals surface area contributed by atoms with Crippen LogP contribution >= 0.6 is 0 Å². The van der Waals surface area contributed by atoms with Crippen molar-refractivity contribution in [2.24, 2.45) is 22.2 Å². The zero-order valence-corrected chi connectivity index (χ0v) is 15.1. The van der Waals surface area contributed by atoms with E-state index in [9.17, 15) is 4.79 Å². The number of carbonyl (C=O) groups is 1. The molecule has 0 aromatic heterocycles. The first-order valence-electron chi connectivity index (χ1n) is 9.44. The molecule has 0 aromatic carbocycles. The number of amides is 1. The molecule has 0 radical (unpaired) electrons. The van der Waals surface area contributed by atoms with Crippen molar-refractivity contribution in [1.82, 2.24) is 5.32 Å². The molecule has 4 fully saturated rings. The van der Waals surface area contributed by atoms with Gasteiger partial charge in [-0.25, -0.2) is 0 Å². The molecule has 4 rings (SSSR count). The minimum atomic E-state index is -0.0402. The van der Waals surface area contributed by atoms with Gasteiger partial charge in [0.05, 0.1) is 31.6 Å². The summed E-state index contributed by atoms with van der Waals surface area (Å²) < 4.78 is 0. The molecule has 1 amide bonds. The fraction of sp³-hybridized carbons (Fsp3) is 0.947. The van der Waals surface area contributed by atoms with Crippen molar-refractivity contribution in [2.75, 3.05) is 26.2 Å². The Bertz CT molecular complexity index is 425. The van der Waals surface area contributed by atoms with Crippen LogP contribution in [0.25, 0.3) is 0 Å². The number of likely N-dealkylation sites (N-methyl/N-ethyl adjacent to an activating group) is 1. The summed E-state index contributed by atoms with van der Waals surface area (Å²) >= 11 is 0. The molecule has 126 valence electrons. The van der Waals surface area contributed by atoms with Gasteiger partial charge in [-0.3, -0.25) is 4.79 Å². The summed E-state index contributed by atoms with van der Waals surface area (Å²) in [6.07, 6.45) is 7.49. The highest BCUT2D eigenvalue weighted by Crippen LogP contribution is 2.69. The Morgan fingerprint density at radius 2 is 1.64 bits per heavy atom. The van der Waals surface area contributed by atoms with Crippen LogP contribution in [0.1, 0.15) is 66.2 Å². The summed E-state index contributed by atoms with van der Waals surface area (Å²) in [5.74, 6) is 1.17. The van der Waals surface area contributed by atoms with Crippen LogP contribution in [0.15, 0.2) is 0 Å². The molecule has 4 atom stereocenters. The average molecular weight is 308 g/mol. The Morgan fingerprint density at radius 1 is 1.05 bits per heavy atom. The Kier molecular flexibility index (Phi) is 4.08. The van der Waals surface area contributed by atoms with Crippen molar-refractivity contribution in [3.63, 3.8) is 0 Å². The van der Waals surface area contributed by atoms with Crippen molar-refractivity contribution >= 4 is 5.91 Å². The van der Waals surface area contributed by atoms with Gasteiger partial charge in [0, 0.05) is 0 Å². The topological polar surface area (TPSA) is 33.5 Å². The van der Waals surface area contributed by atoms with E-state index in [1.165, 1.54) is 19.3 Å². The highest BCUT2D eigenvalue weighted by atomic mass is 16.2. The Labute approximate surface area is 136 Å². The highest BCUT2D eigenvalue weighted by molar-refractivity contribution is 5.83. The maximum atomic E-state index is 13.0. The number of hydrogen-bond donors (Lipinski definition) is 2. The van der Waals surface area contributed by atoms with Crippen LogP contribution in [-0.4, -0.2) is 32.1 Å². The fourth-order valence-electron chi connectivity index (χ4n) is 6.84. The number of nitrogens with one attached hydrogen (secondary N) is 2. The van der Waals surface area contributed by atoms with E-state index in [1.807, 2.05) is 0 Å². The van der Waals surface area contributed by atoms with E-state index in [2.05, 4.69) is 33.0 Å². The minimum Gasteiger partial charge on any atom is -0.350 e. The molecule has 4 aliphatic carbocycles. The molecule has 0 saturated heterocycles. The lowest BCUT2D eigenvalue weighted by Crippen LogP contribution is -3.12. The molecular weight excluding hydrogens is 272 g/mol. The summed E-state index contributed by atoms with van der Waals surface area (Å²) in [7, 11) is 0. The predicted molar refractivity (Wildman–Crippen MR) is 89.8 cm³/mol. The van der Waals surface area contributed by atoms with E-state index in [0.717, 1.165) is 51.4 Å². The molecule has 22 heavy (non-hydrogen) atoms. The SMILES string of the molecule is CC[NH+](CC)CCNC(=O)C12CC3C[C@@](C)(C1)C[C@](C)(C3)C2. The molecule has 4 bridgehead atoms. The summed E-state index contributed by atoms with van der Waals surface area (Å²) in [5.41, 5.74) is 0.812. The van der Waals surface area contributed by atoms with Gasteiger partial charge in [0.25, 0.3) is 0 Å².